The molecule has 1 atom stereocenters. The summed E-state index contributed by atoms with van der Waals surface area (Å²) in [4.78, 5) is 25.7. The van der Waals surface area contributed by atoms with Gasteiger partial charge in [-0.05, 0) is 42.6 Å². The van der Waals surface area contributed by atoms with Crippen molar-refractivity contribution in [1.82, 2.24) is 10.2 Å². The number of rotatable bonds is 9. The predicted octanol–water partition coefficient (Wildman–Crippen LogP) is 2.09. The Morgan fingerprint density at radius 1 is 1.13 bits per heavy atom. The highest BCUT2D eigenvalue weighted by Crippen LogP contribution is 2.28. The van der Waals surface area contributed by atoms with Crippen molar-refractivity contribution in [3.8, 4) is 11.5 Å². The van der Waals surface area contributed by atoms with E-state index in [0.717, 1.165) is 30.5 Å². The fourth-order valence-corrected chi connectivity index (χ4v) is 3.57. The first-order valence-corrected chi connectivity index (χ1v) is 10.2. The van der Waals surface area contributed by atoms with E-state index in [1.165, 1.54) is 0 Å². The SMILES string of the molecule is COc1cc(CNC(=O)CN2CCC[C@@H](C(N)=O)C2)ccc1OCc1ccccc1. The van der Waals surface area contributed by atoms with Crippen LogP contribution in [0, 0.1) is 5.92 Å². The zero-order valence-corrected chi connectivity index (χ0v) is 17.3. The van der Waals surface area contributed by atoms with Gasteiger partial charge >= 0.3 is 0 Å². The van der Waals surface area contributed by atoms with Gasteiger partial charge in [0.1, 0.15) is 6.61 Å². The van der Waals surface area contributed by atoms with E-state index in [4.69, 9.17) is 15.2 Å². The third-order valence-electron chi connectivity index (χ3n) is 5.23. The van der Waals surface area contributed by atoms with Gasteiger partial charge in [-0.1, -0.05) is 36.4 Å². The second kappa shape index (κ2) is 10.6. The van der Waals surface area contributed by atoms with Gasteiger partial charge in [-0.2, -0.15) is 0 Å². The van der Waals surface area contributed by atoms with Gasteiger partial charge in [-0.25, -0.2) is 0 Å². The maximum atomic E-state index is 12.3. The van der Waals surface area contributed by atoms with Crippen LogP contribution in [-0.2, 0) is 22.7 Å². The third kappa shape index (κ3) is 6.22. The molecule has 1 fully saturated rings. The molecule has 0 radical (unpaired) electrons. The predicted molar refractivity (Wildman–Crippen MR) is 114 cm³/mol. The van der Waals surface area contributed by atoms with Crippen molar-refractivity contribution in [2.24, 2.45) is 11.7 Å². The number of methoxy groups -OCH3 is 1. The smallest absolute Gasteiger partial charge is 0.234 e. The first kappa shape index (κ1) is 21.6. The molecule has 0 aliphatic carbocycles. The molecule has 30 heavy (non-hydrogen) atoms. The zero-order valence-electron chi connectivity index (χ0n) is 17.3. The number of hydrogen-bond donors (Lipinski definition) is 2. The number of benzene rings is 2. The number of nitrogens with zero attached hydrogens (tertiary/aromatic N) is 1. The quantitative estimate of drug-likeness (QED) is 0.659. The molecular formula is C23H29N3O4. The standard InChI is InChI=1S/C23H29N3O4/c1-29-21-12-18(9-10-20(21)30-16-17-6-3-2-4-7-17)13-25-22(27)15-26-11-5-8-19(14-26)23(24)28/h2-4,6-7,9-10,12,19H,5,8,11,13-16H2,1H3,(H2,24,28)(H,25,27)/t19-/m1/s1. The van der Waals surface area contributed by atoms with Crippen LogP contribution in [0.1, 0.15) is 24.0 Å². The second-order valence-electron chi connectivity index (χ2n) is 7.51. The summed E-state index contributed by atoms with van der Waals surface area (Å²) in [6, 6.07) is 15.5. The number of primary amides is 1. The van der Waals surface area contributed by atoms with Gasteiger partial charge in [0.15, 0.2) is 11.5 Å². The second-order valence-corrected chi connectivity index (χ2v) is 7.51. The molecule has 1 saturated heterocycles. The Labute approximate surface area is 177 Å². The number of piperidine rings is 1. The Kier molecular flexibility index (Phi) is 7.68. The summed E-state index contributed by atoms with van der Waals surface area (Å²) in [5, 5.41) is 2.93. The number of carbonyl (C=O) groups is 2. The zero-order chi connectivity index (χ0) is 21.3. The lowest BCUT2D eigenvalue weighted by atomic mass is 9.97. The molecule has 0 bridgehead atoms. The van der Waals surface area contributed by atoms with Crippen LogP contribution in [0.4, 0.5) is 0 Å². The number of nitrogens with two attached hydrogens (primary N) is 1. The molecular weight excluding hydrogens is 382 g/mol. The molecule has 0 unspecified atom stereocenters. The summed E-state index contributed by atoms with van der Waals surface area (Å²) >= 11 is 0. The number of nitrogens with one attached hydrogen (secondary N) is 1. The minimum atomic E-state index is -0.290. The normalized spacial score (nSPS) is 16.6. The van der Waals surface area contributed by atoms with Gasteiger partial charge in [-0.3, -0.25) is 14.5 Å². The van der Waals surface area contributed by atoms with Gasteiger partial charge in [0.2, 0.25) is 11.8 Å². The van der Waals surface area contributed by atoms with Crippen LogP contribution in [0.5, 0.6) is 11.5 Å². The lowest BCUT2D eigenvalue weighted by molar-refractivity contribution is -0.126. The van der Waals surface area contributed by atoms with Gasteiger partial charge in [0.25, 0.3) is 0 Å². The van der Waals surface area contributed by atoms with E-state index in [0.29, 0.717) is 31.2 Å². The molecule has 1 aliphatic rings. The molecule has 2 amide bonds. The molecule has 0 aromatic heterocycles. The van der Waals surface area contributed by atoms with E-state index < -0.39 is 0 Å². The molecule has 0 spiro atoms. The number of likely N-dealkylation sites (tertiary alicyclic amines) is 1. The lowest BCUT2D eigenvalue weighted by Crippen LogP contribution is -2.45. The molecule has 160 valence electrons. The van der Waals surface area contributed by atoms with E-state index in [1.54, 1.807) is 7.11 Å². The average Bonchev–Trinajstić information content (AvgIpc) is 2.77. The molecule has 2 aromatic carbocycles. The highest BCUT2D eigenvalue weighted by Gasteiger charge is 2.25. The molecule has 2 aromatic rings. The van der Waals surface area contributed by atoms with Gasteiger partial charge in [0, 0.05) is 13.1 Å². The maximum Gasteiger partial charge on any atom is 0.234 e. The molecule has 3 rings (SSSR count). The van der Waals surface area contributed by atoms with E-state index in [9.17, 15) is 9.59 Å². The van der Waals surface area contributed by atoms with E-state index in [1.807, 2.05) is 53.4 Å². The summed E-state index contributed by atoms with van der Waals surface area (Å²) in [6.45, 7) is 2.46. The van der Waals surface area contributed by atoms with Crippen molar-refractivity contribution in [1.29, 1.82) is 0 Å². The summed E-state index contributed by atoms with van der Waals surface area (Å²) in [5.41, 5.74) is 7.39. The fraction of sp³-hybridized carbons (Fsp3) is 0.391. The summed E-state index contributed by atoms with van der Waals surface area (Å²) in [7, 11) is 1.60. The van der Waals surface area contributed by atoms with Crippen LogP contribution in [0.25, 0.3) is 0 Å². The van der Waals surface area contributed by atoms with Crippen molar-refractivity contribution in [3.05, 3.63) is 59.7 Å². The van der Waals surface area contributed by atoms with E-state index >= 15 is 0 Å². The van der Waals surface area contributed by atoms with Crippen LogP contribution >= 0.6 is 0 Å². The van der Waals surface area contributed by atoms with Crippen LogP contribution < -0.4 is 20.5 Å². The lowest BCUT2D eigenvalue weighted by Gasteiger charge is -2.30. The van der Waals surface area contributed by atoms with Crippen molar-refractivity contribution < 1.29 is 19.1 Å². The van der Waals surface area contributed by atoms with Crippen molar-refractivity contribution in [2.45, 2.75) is 26.0 Å². The molecule has 7 heteroatoms. The Morgan fingerprint density at radius 3 is 2.67 bits per heavy atom. The minimum Gasteiger partial charge on any atom is -0.493 e. The number of carbonyl (C=O) groups excluding carboxylic acids is 2. The summed E-state index contributed by atoms with van der Waals surface area (Å²) in [5.74, 6) is 0.741. The minimum absolute atomic E-state index is 0.0801. The fourth-order valence-electron chi connectivity index (χ4n) is 3.57. The molecule has 0 saturated carbocycles. The van der Waals surface area contributed by atoms with Gasteiger partial charge < -0.3 is 20.5 Å². The highest BCUT2D eigenvalue weighted by molar-refractivity contribution is 5.79. The Bertz CT molecular complexity index is 857. The van der Waals surface area contributed by atoms with Crippen LogP contribution in [0.15, 0.2) is 48.5 Å². The molecule has 1 heterocycles. The summed E-state index contributed by atoms with van der Waals surface area (Å²) < 4.78 is 11.3. The summed E-state index contributed by atoms with van der Waals surface area (Å²) in [6.07, 6.45) is 1.68. The monoisotopic (exact) mass is 411 g/mol. The van der Waals surface area contributed by atoms with Crippen LogP contribution in [-0.4, -0.2) is 43.5 Å². The topological polar surface area (TPSA) is 93.9 Å². The highest BCUT2D eigenvalue weighted by atomic mass is 16.5. The molecule has 1 aliphatic heterocycles. The first-order valence-electron chi connectivity index (χ1n) is 10.2. The first-order chi connectivity index (χ1) is 14.5. The molecule has 7 nitrogen and oxygen atoms in total. The van der Waals surface area contributed by atoms with Crippen molar-refractivity contribution >= 4 is 11.8 Å². The maximum absolute atomic E-state index is 12.3. The number of hydrogen-bond acceptors (Lipinski definition) is 5. The Hall–Kier alpha value is -3.06. The largest absolute Gasteiger partial charge is 0.493 e. The van der Waals surface area contributed by atoms with Crippen molar-refractivity contribution in [3.63, 3.8) is 0 Å². The van der Waals surface area contributed by atoms with Gasteiger partial charge in [0.05, 0.1) is 19.6 Å². The van der Waals surface area contributed by atoms with Gasteiger partial charge in [-0.15, -0.1) is 0 Å². The van der Waals surface area contributed by atoms with E-state index in [2.05, 4.69) is 5.32 Å². The van der Waals surface area contributed by atoms with Crippen LogP contribution in [0.2, 0.25) is 0 Å². The van der Waals surface area contributed by atoms with Crippen LogP contribution in [0.3, 0.4) is 0 Å². The Balaban J connectivity index is 1.50. The van der Waals surface area contributed by atoms with E-state index in [-0.39, 0.29) is 24.3 Å². The third-order valence-corrected chi connectivity index (χ3v) is 5.23. The number of ether oxygens (including phenoxy) is 2. The van der Waals surface area contributed by atoms with Crippen molar-refractivity contribution in [2.75, 3.05) is 26.7 Å². The average molecular weight is 412 g/mol. The molecule has 3 N–H and O–H groups in total. The number of amides is 2. The Morgan fingerprint density at radius 2 is 1.93 bits per heavy atom.